The van der Waals surface area contributed by atoms with Crippen molar-refractivity contribution in [2.24, 2.45) is 5.84 Å². The molecule has 5 N–H and O–H groups in total. The lowest BCUT2D eigenvalue weighted by molar-refractivity contribution is -0.210. The molecule has 1 aliphatic heterocycles. The normalized spacial score (nSPS) is 22.6. The van der Waals surface area contributed by atoms with Crippen LogP contribution in [-0.2, 0) is 22.8 Å². The lowest BCUT2D eigenvalue weighted by Gasteiger charge is -2.33. The topological polar surface area (TPSA) is 99.8 Å². The number of benzene rings is 2. The van der Waals surface area contributed by atoms with Crippen molar-refractivity contribution in [2.45, 2.75) is 31.3 Å². The summed E-state index contributed by atoms with van der Waals surface area (Å²) in [4.78, 5) is 18.2. The lowest BCUT2D eigenvalue weighted by Crippen LogP contribution is -2.55. The predicted octanol–water partition coefficient (Wildman–Crippen LogP) is 0.312. The Bertz CT molecular complexity index is 698. The Balaban J connectivity index is 1.82. The van der Waals surface area contributed by atoms with E-state index >= 15 is 0 Å². The molecule has 3 atom stereocenters. The van der Waals surface area contributed by atoms with Crippen molar-refractivity contribution in [3.8, 4) is 0 Å². The molecule has 0 radical (unpaired) electrons. The molecule has 2 aromatic rings. The number of amides is 1. The van der Waals surface area contributed by atoms with E-state index in [0.717, 1.165) is 11.1 Å². The van der Waals surface area contributed by atoms with E-state index in [9.17, 15) is 9.90 Å². The van der Waals surface area contributed by atoms with Crippen molar-refractivity contribution in [2.75, 3.05) is 6.61 Å². The SMILES string of the molecule is NN[C@@H]1C(=O)N[C@H](CO)[C@H]1N(Cc1ccccc1)OCc1ccccc1. The summed E-state index contributed by atoms with van der Waals surface area (Å²) in [5.74, 6) is 5.34. The molecule has 1 saturated heterocycles. The molecule has 3 rings (SSSR count). The van der Waals surface area contributed by atoms with Gasteiger partial charge in [-0.2, -0.15) is 5.06 Å². The van der Waals surface area contributed by atoms with Crippen molar-refractivity contribution in [1.82, 2.24) is 15.8 Å². The molecule has 0 saturated carbocycles. The minimum absolute atomic E-state index is 0.200. The maximum atomic E-state index is 12.2. The van der Waals surface area contributed by atoms with Crippen LogP contribution in [0.1, 0.15) is 11.1 Å². The smallest absolute Gasteiger partial charge is 0.240 e. The highest BCUT2D eigenvalue weighted by Gasteiger charge is 2.45. The van der Waals surface area contributed by atoms with Crippen LogP contribution in [0.5, 0.6) is 0 Å². The van der Waals surface area contributed by atoms with E-state index < -0.39 is 18.1 Å². The Hall–Kier alpha value is -2.29. The minimum atomic E-state index is -0.674. The van der Waals surface area contributed by atoms with Crippen LogP contribution in [0.4, 0.5) is 0 Å². The number of carbonyl (C=O) groups excluding carboxylic acids is 1. The summed E-state index contributed by atoms with van der Waals surface area (Å²) < 4.78 is 0. The van der Waals surface area contributed by atoms with Gasteiger partial charge in [0.2, 0.25) is 5.91 Å². The molecule has 0 aliphatic carbocycles. The average molecular weight is 356 g/mol. The van der Waals surface area contributed by atoms with Gasteiger partial charge in [0, 0.05) is 6.54 Å². The highest BCUT2D eigenvalue weighted by atomic mass is 16.7. The molecule has 26 heavy (non-hydrogen) atoms. The Morgan fingerprint density at radius 3 is 2.27 bits per heavy atom. The van der Waals surface area contributed by atoms with Gasteiger partial charge in [-0.25, -0.2) is 5.43 Å². The first-order valence-corrected chi connectivity index (χ1v) is 8.57. The Morgan fingerprint density at radius 2 is 1.69 bits per heavy atom. The zero-order valence-corrected chi connectivity index (χ0v) is 14.4. The summed E-state index contributed by atoms with van der Waals surface area (Å²) in [6.07, 6.45) is 0. The zero-order chi connectivity index (χ0) is 18.4. The third-order valence-electron chi connectivity index (χ3n) is 4.49. The second kappa shape index (κ2) is 8.88. The first kappa shape index (κ1) is 18.5. The average Bonchev–Trinajstić information content (AvgIpc) is 3.02. The molecule has 1 heterocycles. The maximum Gasteiger partial charge on any atom is 0.240 e. The van der Waals surface area contributed by atoms with Crippen LogP contribution in [0.15, 0.2) is 60.7 Å². The highest BCUT2D eigenvalue weighted by molar-refractivity contribution is 5.85. The fourth-order valence-corrected chi connectivity index (χ4v) is 3.17. The largest absolute Gasteiger partial charge is 0.394 e. The van der Waals surface area contributed by atoms with E-state index in [0.29, 0.717) is 13.2 Å². The van der Waals surface area contributed by atoms with E-state index in [-0.39, 0.29) is 12.5 Å². The Morgan fingerprint density at radius 1 is 1.08 bits per heavy atom. The van der Waals surface area contributed by atoms with Gasteiger partial charge in [0.25, 0.3) is 0 Å². The summed E-state index contributed by atoms with van der Waals surface area (Å²) in [6.45, 7) is 0.615. The van der Waals surface area contributed by atoms with E-state index in [1.807, 2.05) is 60.7 Å². The molecule has 0 bridgehead atoms. The Kier molecular flexibility index (Phi) is 6.32. The van der Waals surface area contributed by atoms with Crippen LogP contribution < -0.4 is 16.6 Å². The molecule has 1 aliphatic rings. The van der Waals surface area contributed by atoms with E-state index in [4.69, 9.17) is 10.7 Å². The minimum Gasteiger partial charge on any atom is -0.394 e. The third kappa shape index (κ3) is 4.27. The van der Waals surface area contributed by atoms with E-state index in [2.05, 4.69) is 10.7 Å². The molecule has 0 aromatic heterocycles. The van der Waals surface area contributed by atoms with Gasteiger partial charge in [0.05, 0.1) is 25.3 Å². The van der Waals surface area contributed by atoms with Crippen molar-refractivity contribution < 1.29 is 14.7 Å². The van der Waals surface area contributed by atoms with Gasteiger partial charge >= 0.3 is 0 Å². The molecule has 7 heteroatoms. The molecule has 138 valence electrons. The number of rotatable bonds is 8. The summed E-state index contributed by atoms with van der Waals surface area (Å²) in [7, 11) is 0. The monoisotopic (exact) mass is 356 g/mol. The fourth-order valence-electron chi connectivity index (χ4n) is 3.17. The number of aliphatic hydroxyl groups is 1. The number of hydrazine groups is 1. The highest BCUT2D eigenvalue weighted by Crippen LogP contribution is 2.21. The van der Waals surface area contributed by atoms with Gasteiger partial charge in [-0.3, -0.25) is 15.5 Å². The van der Waals surface area contributed by atoms with E-state index in [1.54, 1.807) is 5.06 Å². The number of nitrogens with one attached hydrogen (secondary N) is 2. The van der Waals surface area contributed by atoms with Crippen LogP contribution in [0.25, 0.3) is 0 Å². The van der Waals surface area contributed by atoms with Gasteiger partial charge < -0.3 is 10.4 Å². The van der Waals surface area contributed by atoms with Crippen LogP contribution in [0.2, 0.25) is 0 Å². The summed E-state index contributed by atoms with van der Waals surface area (Å²) in [6, 6.07) is 18.0. The first-order chi connectivity index (χ1) is 12.7. The molecular formula is C19H24N4O3. The third-order valence-corrected chi connectivity index (χ3v) is 4.49. The standard InChI is InChI=1S/C19H24N4O3/c20-22-17-18(16(12-24)21-19(17)25)23(11-14-7-3-1-4-8-14)26-13-15-9-5-2-6-10-15/h1-10,16-18,22,24H,11-13,20H2,(H,21,25)/t16-,17+,18-/m1/s1. The molecule has 1 amide bonds. The van der Waals surface area contributed by atoms with Gasteiger partial charge in [-0.1, -0.05) is 60.7 Å². The summed E-state index contributed by atoms with van der Waals surface area (Å²) >= 11 is 0. The van der Waals surface area contributed by atoms with Crippen molar-refractivity contribution in [3.63, 3.8) is 0 Å². The first-order valence-electron chi connectivity index (χ1n) is 8.57. The summed E-state index contributed by atoms with van der Waals surface area (Å²) in [5, 5.41) is 14.2. The summed E-state index contributed by atoms with van der Waals surface area (Å²) in [5.41, 5.74) is 4.60. The number of hydroxylamine groups is 2. The van der Waals surface area contributed by atoms with Crippen LogP contribution in [0.3, 0.4) is 0 Å². The van der Waals surface area contributed by atoms with Gasteiger partial charge in [0.15, 0.2) is 0 Å². The molecular weight excluding hydrogens is 332 g/mol. The number of carbonyl (C=O) groups is 1. The van der Waals surface area contributed by atoms with Gasteiger partial charge in [-0.05, 0) is 11.1 Å². The Labute approximate surface area is 152 Å². The number of nitrogens with two attached hydrogens (primary N) is 1. The molecule has 7 nitrogen and oxygen atoms in total. The fraction of sp³-hybridized carbons (Fsp3) is 0.316. The van der Waals surface area contributed by atoms with Crippen molar-refractivity contribution in [3.05, 3.63) is 71.8 Å². The van der Waals surface area contributed by atoms with Crippen molar-refractivity contribution >= 4 is 5.91 Å². The van der Waals surface area contributed by atoms with Crippen LogP contribution in [-0.4, -0.2) is 40.8 Å². The van der Waals surface area contributed by atoms with Crippen molar-refractivity contribution in [1.29, 1.82) is 0 Å². The molecule has 2 aromatic carbocycles. The molecule has 0 unspecified atom stereocenters. The number of hydrogen-bond acceptors (Lipinski definition) is 6. The lowest BCUT2D eigenvalue weighted by atomic mass is 10.0. The second-order valence-corrected chi connectivity index (χ2v) is 6.25. The van der Waals surface area contributed by atoms with Crippen LogP contribution in [0, 0.1) is 0 Å². The van der Waals surface area contributed by atoms with Gasteiger partial charge in [-0.15, -0.1) is 0 Å². The van der Waals surface area contributed by atoms with Gasteiger partial charge in [0.1, 0.15) is 6.04 Å². The van der Waals surface area contributed by atoms with Crippen LogP contribution >= 0.6 is 0 Å². The molecule has 0 spiro atoms. The number of aliphatic hydroxyl groups excluding tert-OH is 1. The molecule has 1 fully saturated rings. The quantitative estimate of drug-likeness (QED) is 0.401. The zero-order valence-electron chi connectivity index (χ0n) is 14.4. The number of hydrogen-bond donors (Lipinski definition) is 4. The second-order valence-electron chi connectivity index (χ2n) is 6.25. The van der Waals surface area contributed by atoms with E-state index in [1.165, 1.54) is 0 Å². The maximum absolute atomic E-state index is 12.2. The number of nitrogens with zero attached hydrogens (tertiary/aromatic N) is 1. The predicted molar refractivity (Wildman–Crippen MR) is 97.1 cm³/mol.